The van der Waals surface area contributed by atoms with Crippen molar-refractivity contribution in [2.24, 2.45) is 11.8 Å². The molecular formula is C21H22O8. The van der Waals surface area contributed by atoms with Gasteiger partial charge in [0.1, 0.15) is 6.10 Å². The van der Waals surface area contributed by atoms with Crippen molar-refractivity contribution >= 4 is 11.8 Å². The minimum absolute atomic E-state index is 0.116. The summed E-state index contributed by atoms with van der Waals surface area (Å²) >= 11 is 0. The average Bonchev–Trinajstić information content (AvgIpc) is 3.23. The molecule has 8 nitrogen and oxygen atoms in total. The summed E-state index contributed by atoms with van der Waals surface area (Å²) in [5.41, 5.74) is 0.331. The summed E-state index contributed by atoms with van der Waals surface area (Å²) in [6, 6.07) is 5.48. The van der Waals surface area contributed by atoms with E-state index in [9.17, 15) is 9.59 Å². The van der Waals surface area contributed by atoms with Crippen molar-refractivity contribution in [2.45, 2.75) is 37.4 Å². The monoisotopic (exact) mass is 402 g/mol. The van der Waals surface area contributed by atoms with Gasteiger partial charge < -0.3 is 28.4 Å². The number of ketones is 1. The third kappa shape index (κ3) is 2.25. The van der Waals surface area contributed by atoms with Gasteiger partial charge in [0.2, 0.25) is 12.6 Å². The molecule has 0 N–H and O–H groups in total. The molecular weight excluding hydrogens is 380 g/mol. The lowest BCUT2D eigenvalue weighted by Crippen LogP contribution is -2.53. The van der Waals surface area contributed by atoms with Gasteiger partial charge in [-0.1, -0.05) is 19.9 Å². The summed E-state index contributed by atoms with van der Waals surface area (Å²) < 4.78 is 33.8. The van der Waals surface area contributed by atoms with Crippen LogP contribution in [0.25, 0.3) is 0 Å². The summed E-state index contributed by atoms with van der Waals surface area (Å²) in [7, 11) is 2.82. The summed E-state index contributed by atoms with van der Waals surface area (Å²) in [5.74, 6) is -1.40. The van der Waals surface area contributed by atoms with Gasteiger partial charge in [-0.25, -0.2) is 0 Å². The Balaban J connectivity index is 1.66. The standard InChI is InChI=1S/C21H22O8/c1-10-11(2)18(23)28-17(10)13-8-16(22)21(24-3,25-4)19-20(13,29-19)12-5-6-14-15(7-12)27-9-26-14/h5-8,10-11,17,19H,9H2,1-4H3/t10-,11+,17-,19?,20?/m1/s1. The van der Waals surface area contributed by atoms with Gasteiger partial charge in [0, 0.05) is 25.7 Å². The zero-order valence-corrected chi connectivity index (χ0v) is 16.6. The molecule has 8 heteroatoms. The van der Waals surface area contributed by atoms with Gasteiger partial charge >= 0.3 is 5.97 Å². The molecule has 5 atom stereocenters. The fourth-order valence-electron chi connectivity index (χ4n) is 4.66. The van der Waals surface area contributed by atoms with Gasteiger partial charge in [-0.3, -0.25) is 9.59 Å². The molecule has 0 spiro atoms. The van der Waals surface area contributed by atoms with Crippen LogP contribution in [0.3, 0.4) is 0 Å². The molecule has 4 aliphatic rings. The van der Waals surface area contributed by atoms with Crippen LogP contribution in [0, 0.1) is 11.8 Å². The Labute approximate surface area is 167 Å². The number of rotatable bonds is 4. The van der Waals surface area contributed by atoms with E-state index in [2.05, 4.69) is 0 Å². The molecule has 1 aromatic rings. The molecule has 2 saturated heterocycles. The number of hydrogen-bond acceptors (Lipinski definition) is 8. The SMILES string of the molecule is COC1(OC)C(=O)C=C([C@@H]2OC(=O)[C@@H](C)[C@H]2C)C2(c3ccc4c(c3)OCO4)OC12. The number of fused-ring (bicyclic) bond motifs is 2. The maximum absolute atomic E-state index is 13.0. The highest BCUT2D eigenvalue weighted by Gasteiger charge is 2.76. The van der Waals surface area contributed by atoms with Gasteiger partial charge in [0.15, 0.2) is 23.2 Å². The second-order valence-corrected chi connectivity index (χ2v) is 7.85. The third-order valence-corrected chi connectivity index (χ3v) is 6.62. The van der Waals surface area contributed by atoms with Crippen LogP contribution in [0.15, 0.2) is 29.8 Å². The molecule has 0 bridgehead atoms. The Hall–Kier alpha value is -2.42. The van der Waals surface area contributed by atoms with Crippen LogP contribution in [0.1, 0.15) is 19.4 Å². The van der Waals surface area contributed by atoms with Gasteiger partial charge in [-0.2, -0.15) is 0 Å². The highest BCUT2D eigenvalue weighted by molar-refractivity contribution is 6.00. The predicted molar refractivity (Wildman–Crippen MR) is 97.2 cm³/mol. The third-order valence-electron chi connectivity index (χ3n) is 6.62. The zero-order valence-electron chi connectivity index (χ0n) is 16.6. The van der Waals surface area contributed by atoms with Crippen LogP contribution >= 0.6 is 0 Å². The van der Waals surface area contributed by atoms with Gasteiger partial charge in [0.05, 0.1) is 5.92 Å². The summed E-state index contributed by atoms with van der Waals surface area (Å²) in [6.45, 7) is 3.90. The van der Waals surface area contributed by atoms with Crippen LogP contribution < -0.4 is 9.47 Å². The minimum atomic E-state index is -1.57. The molecule has 29 heavy (non-hydrogen) atoms. The normalized spacial score (nSPS) is 36.5. The Morgan fingerprint density at radius 1 is 1.07 bits per heavy atom. The number of cyclic esters (lactones) is 1. The first kappa shape index (κ1) is 18.6. The second-order valence-electron chi connectivity index (χ2n) is 7.85. The van der Waals surface area contributed by atoms with E-state index in [1.54, 1.807) is 6.07 Å². The van der Waals surface area contributed by atoms with E-state index in [-0.39, 0.29) is 30.4 Å². The Kier molecular flexibility index (Phi) is 3.87. The highest BCUT2D eigenvalue weighted by Crippen LogP contribution is 2.62. The minimum Gasteiger partial charge on any atom is -0.457 e. The number of epoxide rings is 1. The van der Waals surface area contributed by atoms with E-state index in [0.29, 0.717) is 17.1 Å². The lowest BCUT2D eigenvalue weighted by atomic mass is 9.73. The first-order valence-corrected chi connectivity index (χ1v) is 9.54. The summed E-state index contributed by atoms with van der Waals surface area (Å²) in [6.07, 6.45) is 0.149. The quantitative estimate of drug-likeness (QED) is 0.427. The molecule has 2 unspecified atom stereocenters. The van der Waals surface area contributed by atoms with E-state index in [4.69, 9.17) is 28.4 Å². The molecule has 0 aromatic heterocycles. The lowest BCUT2D eigenvalue weighted by molar-refractivity contribution is -0.212. The number of hydrogen-bond donors (Lipinski definition) is 0. The van der Waals surface area contributed by atoms with Crippen molar-refractivity contribution in [3.8, 4) is 11.5 Å². The van der Waals surface area contributed by atoms with Crippen molar-refractivity contribution in [3.05, 3.63) is 35.4 Å². The number of esters is 1. The van der Waals surface area contributed by atoms with Crippen molar-refractivity contribution < 1.29 is 38.0 Å². The smallest absolute Gasteiger partial charge is 0.309 e. The molecule has 2 fully saturated rings. The van der Waals surface area contributed by atoms with E-state index < -0.39 is 23.6 Å². The van der Waals surface area contributed by atoms with Crippen molar-refractivity contribution in [1.82, 2.24) is 0 Å². The largest absolute Gasteiger partial charge is 0.457 e. The van der Waals surface area contributed by atoms with Crippen LogP contribution in [0.5, 0.6) is 11.5 Å². The van der Waals surface area contributed by atoms with Crippen molar-refractivity contribution in [1.29, 1.82) is 0 Å². The molecule has 154 valence electrons. The van der Waals surface area contributed by atoms with Crippen LogP contribution in [0.4, 0.5) is 0 Å². The number of ether oxygens (including phenoxy) is 6. The fourth-order valence-corrected chi connectivity index (χ4v) is 4.66. The summed E-state index contributed by atoms with van der Waals surface area (Å²) in [5, 5.41) is 0. The number of benzene rings is 1. The predicted octanol–water partition coefficient (Wildman–Crippen LogP) is 1.71. The number of carbonyl (C=O) groups is 2. The first-order chi connectivity index (χ1) is 13.9. The molecule has 3 heterocycles. The molecule has 1 aliphatic carbocycles. The van der Waals surface area contributed by atoms with Crippen molar-refractivity contribution in [3.63, 3.8) is 0 Å². The molecule has 0 amide bonds. The van der Waals surface area contributed by atoms with Crippen molar-refractivity contribution in [2.75, 3.05) is 21.0 Å². The molecule has 5 rings (SSSR count). The fraction of sp³-hybridized carbons (Fsp3) is 0.524. The first-order valence-electron chi connectivity index (χ1n) is 9.54. The highest BCUT2D eigenvalue weighted by atomic mass is 16.7. The van der Waals surface area contributed by atoms with Gasteiger partial charge in [-0.15, -0.1) is 0 Å². The van der Waals surface area contributed by atoms with Gasteiger partial charge in [-0.05, 0) is 23.8 Å². The second kappa shape index (κ2) is 6.04. The Morgan fingerprint density at radius 3 is 2.45 bits per heavy atom. The van der Waals surface area contributed by atoms with Crippen LogP contribution in [0.2, 0.25) is 0 Å². The van der Waals surface area contributed by atoms with Crippen LogP contribution in [-0.4, -0.2) is 50.8 Å². The summed E-state index contributed by atoms with van der Waals surface area (Å²) in [4.78, 5) is 25.2. The van der Waals surface area contributed by atoms with Gasteiger partial charge in [0.25, 0.3) is 5.79 Å². The maximum Gasteiger partial charge on any atom is 0.309 e. The molecule has 3 aliphatic heterocycles. The Bertz CT molecular complexity index is 933. The lowest BCUT2D eigenvalue weighted by Gasteiger charge is -2.34. The van der Waals surface area contributed by atoms with Crippen LogP contribution in [-0.2, 0) is 34.1 Å². The average molecular weight is 402 g/mol. The van der Waals surface area contributed by atoms with E-state index in [0.717, 1.165) is 5.56 Å². The maximum atomic E-state index is 13.0. The molecule has 1 aromatic carbocycles. The van der Waals surface area contributed by atoms with E-state index in [1.807, 2.05) is 26.0 Å². The Morgan fingerprint density at radius 2 is 1.79 bits per heavy atom. The number of methoxy groups -OCH3 is 2. The number of carbonyl (C=O) groups excluding carboxylic acids is 2. The molecule has 0 radical (unpaired) electrons. The van der Waals surface area contributed by atoms with E-state index in [1.165, 1.54) is 20.3 Å². The zero-order chi connectivity index (χ0) is 20.6. The van der Waals surface area contributed by atoms with E-state index >= 15 is 0 Å². The molecule has 0 saturated carbocycles. The topological polar surface area (TPSA) is 92.8 Å².